The monoisotopic (exact) mass is 291 g/mol. The molecule has 1 aliphatic rings. The lowest BCUT2D eigenvalue weighted by atomic mass is 10.1. The molecular formula is C15H21N3O3. The van der Waals surface area contributed by atoms with Crippen molar-refractivity contribution in [2.24, 2.45) is 0 Å². The van der Waals surface area contributed by atoms with Crippen LogP contribution < -0.4 is 15.4 Å². The molecule has 21 heavy (non-hydrogen) atoms. The van der Waals surface area contributed by atoms with E-state index in [-0.39, 0.29) is 11.8 Å². The minimum Gasteiger partial charge on any atom is -0.494 e. The van der Waals surface area contributed by atoms with E-state index in [1.165, 1.54) is 0 Å². The van der Waals surface area contributed by atoms with Crippen LogP contribution in [0.15, 0.2) is 24.3 Å². The molecule has 0 radical (unpaired) electrons. The van der Waals surface area contributed by atoms with Crippen LogP contribution in [-0.2, 0) is 4.79 Å². The molecule has 1 fully saturated rings. The third kappa shape index (κ3) is 3.52. The van der Waals surface area contributed by atoms with E-state index in [4.69, 9.17) is 4.74 Å². The van der Waals surface area contributed by atoms with Crippen LogP contribution in [-0.4, -0.2) is 56.0 Å². The Morgan fingerprint density at radius 2 is 2.10 bits per heavy atom. The van der Waals surface area contributed by atoms with E-state index in [2.05, 4.69) is 10.6 Å². The maximum Gasteiger partial charge on any atom is 0.254 e. The molecule has 0 spiro atoms. The molecule has 1 unspecified atom stereocenters. The van der Waals surface area contributed by atoms with E-state index >= 15 is 0 Å². The Morgan fingerprint density at radius 3 is 2.71 bits per heavy atom. The van der Waals surface area contributed by atoms with Gasteiger partial charge in [0.1, 0.15) is 11.8 Å². The molecule has 1 heterocycles. The molecule has 0 aromatic heterocycles. The third-order valence-corrected chi connectivity index (χ3v) is 3.47. The van der Waals surface area contributed by atoms with Gasteiger partial charge in [0.2, 0.25) is 5.91 Å². The highest BCUT2D eigenvalue weighted by Crippen LogP contribution is 2.15. The molecule has 0 bridgehead atoms. The minimum absolute atomic E-state index is 0.131. The number of amides is 2. The Morgan fingerprint density at radius 1 is 1.38 bits per heavy atom. The van der Waals surface area contributed by atoms with Crippen molar-refractivity contribution in [2.75, 3.05) is 33.3 Å². The van der Waals surface area contributed by atoms with Crippen molar-refractivity contribution in [3.8, 4) is 5.75 Å². The number of carbonyl (C=O) groups excluding carboxylic acids is 2. The standard InChI is InChI=1S/C15H21N3O3/c1-3-21-12-6-4-11(5-7-12)15(20)18-9-8-17-10-13(18)14(19)16-2/h4-7,13,17H,3,8-10H2,1-2H3,(H,16,19). The Hall–Kier alpha value is -2.08. The maximum atomic E-state index is 12.6. The minimum atomic E-state index is -0.470. The molecule has 2 rings (SSSR count). The second-order valence-corrected chi connectivity index (χ2v) is 4.79. The second kappa shape index (κ2) is 7.08. The van der Waals surface area contributed by atoms with Gasteiger partial charge in [-0.25, -0.2) is 0 Å². The molecule has 2 amide bonds. The lowest BCUT2D eigenvalue weighted by molar-refractivity contribution is -0.125. The largest absolute Gasteiger partial charge is 0.494 e. The first-order valence-corrected chi connectivity index (χ1v) is 7.13. The summed E-state index contributed by atoms with van der Waals surface area (Å²) in [4.78, 5) is 26.1. The summed E-state index contributed by atoms with van der Waals surface area (Å²) in [6.45, 7) is 4.18. The molecule has 0 saturated carbocycles. The highest BCUT2D eigenvalue weighted by atomic mass is 16.5. The van der Waals surface area contributed by atoms with Crippen molar-refractivity contribution in [1.82, 2.24) is 15.5 Å². The van der Waals surface area contributed by atoms with Crippen LogP contribution in [0, 0.1) is 0 Å². The summed E-state index contributed by atoms with van der Waals surface area (Å²) in [5.41, 5.74) is 0.564. The van der Waals surface area contributed by atoms with E-state index in [1.54, 1.807) is 36.2 Å². The quantitative estimate of drug-likeness (QED) is 0.834. The number of rotatable bonds is 4. The Kier molecular flexibility index (Phi) is 5.16. The van der Waals surface area contributed by atoms with Crippen molar-refractivity contribution in [1.29, 1.82) is 0 Å². The van der Waals surface area contributed by atoms with Gasteiger partial charge in [-0.2, -0.15) is 0 Å². The number of nitrogens with one attached hydrogen (secondary N) is 2. The molecule has 2 N–H and O–H groups in total. The second-order valence-electron chi connectivity index (χ2n) is 4.79. The summed E-state index contributed by atoms with van der Waals surface area (Å²) in [5.74, 6) is 0.451. The SMILES string of the molecule is CCOc1ccc(C(=O)N2CCNCC2C(=O)NC)cc1. The summed E-state index contributed by atoms with van der Waals surface area (Å²) in [6.07, 6.45) is 0. The van der Waals surface area contributed by atoms with Gasteiger partial charge in [-0.1, -0.05) is 0 Å². The van der Waals surface area contributed by atoms with Crippen molar-refractivity contribution < 1.29 is 14.3 Å². The van der Waals surface area contributed by atoms with Crippen LogP contribution in [0.1, 0.15) is 17.3 Å². The zero-order chi connectivity index (χ0) is 15.2. The smallest absolute Gasteiger partial charge is 0.254 e. The first-order valence-electron chi connectivity index (χ1n) is 7.13. The Balaban J connectivity index is 2.14. The maximum absolute atomic E-state index is 12.6. The van der Waals surface area contributed by atoms with Crippen molar-refractivity contribution in [2.45, 2.75) is 13.0 Å². The molecule has 6 heteroatoms. The van der Waals surface area contributed by atoms with Crippen molar-refractivity contribution in [3.63, 3.8) is 0 Å². The fraction of sp³-hybridized carbons (Fsp3) is 0.467. The van der Waals surface area contributed by atoms with Crippen LogP contribution in [0.4, 0.5) is 0 Å². The van der Waals surface area contributed by atoms with Crippen LogP contribution in [0.5, 0.6) is 5.75 Å². The Bertz CT molecular complexity index is 501. The number of benzene rings is 1. The molecule has 1 aromatic rings. The lowest BCUT2D eigenvalue weighted by Crippen LogP contribution is -2.59. The molecule has 6 nitrogen and oxygen atoms in total. The summed E-state index contributed by atoms with van der Waals surface area (Å²) in [5, 5.41) is 5.74. The third-order valence-electron chi connectivity index (χ3n) is 3.47. The average Bonchev–Trinajstić information content (AvgIpc) is 2.54. The zero-order valence-electron chi connectivity index (χ0n) is 12.4. The van der Waals surface area contributed by atoms with E-state index in [0.717, 1.165) is 5.75 Å². The van der Waals surface area contributed by atoms with Gasteiger partial charge in [-0.05, 0) is 31.2 Å². The molecule has 114 valence electrons. The molecular weight excluding hydrogens is 270 g/mol. The van der Waals surface area contributed by atoms with Crippen molar-refractivity contribution in [3.05, 3.63) is 29.8 Å². The average molecular weight is 291 g/mol. The number of piperazine rings is 1. The first kappa shape index (κ1) is 15.3. The number of carbonyl (C=O) groups is 2. The fourth-order valence-corrected chi connectivity index (χ4v) is 2.37. The number of ether oxygens (including phenoxy) is 1. The number of nitrogens with zero attached hydrogens (tertiary/aromatic N) is 1. The van der Waals surface area contributed by atoms with Gasteiger partial charge in [0.05, 0.1) is 6.61 Å². The van der Waals surface area contributed by atoms with E-state index in [9.17, 15) is 9.59 Å². The summed E-state index contributed by atoms with van der Waals surface area (Å²) in [6, 6.07) is 6.54. The van der Waals surface area contributed by atoms with Gasteiger partial charge < -0.3 is 20.3 Å². The van der Waals surface area contributed by atoms with Crippen LogP contribution in [0.2, 0.25) is 0 Å². The van der Waals surface area contributed by atoms with Gasteiger partial charge >= 0.3 is 0 Å². The summed E-state index contributed by atoms with van der Waals surface area (Å²) in [7, 11) is 1.58. The highest BCUT2D eigenvalue weighted by molar-refractivity contribution is 5.97. The predicted octanol–water partition coefficient (Wildman–Crippen LogP) is 0.245. The normalized spacial score (nSPS) is 18.2. The molecule has 0 aliphatic carbocycles. The van der Waals surface area contributed by atoms with Gasteiger partial charge in [-0.15, -0.1) is 0 Å². The Labute approximate surface area is 124 Å². The molecule has 1 atom stereocenters. The van der Waals surface area contributed by atoms with Gasteiger partial charge in [0, 0.05) is 32.2 Å². The molecule has 1 aromatic carbocycles. The fourth-order valence-electron chi connectivity index (χ4n) is 2.37. The zero-order valence-corrected chi connectivity index (χ0v) is 12.4. The van der Waals surface area contributed by atoms with E-state index in [1.807, 2.05) is 6.92 Å². The topological polar surface area (TPSA) is 70.7 Å². The number of hydrogen-bond acceptors (Lipinski definition) is 4. The summed E-state index contributed by atoms with van der Waals surface area (Å²) < 4.78 is 5.36. The van der Waals surface area contributed by atoms with Crippen LogP contribution in [0.3, 0.4) is 0 Å². The van der Waals surface area contributed by atoms with Crippen molar-refractivity contribution >= 4 is 11.8 Å². The number of likely N-dealkylation sites (N-methyl/N-ethyl adjacent to an activating group) is 1. The van der Waals surface area contributed by atoms with Gasteiger partial charge in [-0.3, -0.25) is 9.59 Å². The molecule has 1 saturated heterocycles. The summed E-state index contributed by atoms with van der Waals surface area (Å²) >= 11 is 0. The van der Waals surface area contributed by atoms with Gasteiger partial charge in [0.25, 0.3) is 5.91 Å². The number of hydrogen-bond donors (Lipinski definition) is 2. The van der Waals surface area contributed by atoms with E-state index in [0.29, 0.717) is 31.8 Å². The molecule has 1 aliphatic heterocycles. The van der Waals surface area contributed by atoms with Crippen LogP contribution in [0.25, 0.3) is 0 Å². The van der Waals surface area contributed by atoms with Crippen LogP contribution >= 0.6 is 0 Å². The van der Waals surface area contributed by atoms with E-state index < -0.39 is 6.04 Å². The lowest BCUT2D eigenvalue weighted by Gasteiger charge is -2.35. The van der Waals surface area contributed by atoms with Gasteiger partial charge in [0.15, 0.2) is 0 Å². The first-order chi connectivity index (χ1) is 10.2. The highest BCUT2D eigenvalue weighted by Gasteiger charge is 2.31. The predicted molar refractivity (Wildman–Crippen MR) is 79.4 cm³/mol.